The topological polar surface area (TPSA) is 87.4 Å². The van der Waals surface area contributed by atoms with Gasteiger partial charge in [-0.3, -0.25) is 0 Å². The second-order valence-corrected chi connectivity index (χ2v) is 19.1. The van der Waals surface area contributed by atoms with Crippen LogP contribution in [0.15, 0.2) is 243 Å². The third-order valence-corrected chi connectivity index (χ3v) is 13.9. The van der Waals surface area contributed by atoms with Crippen molar-refractivity contribution in [3.05, 3.63) is 287 Å². The number of hydrogen-bond donors (Lipinski definition) is 4. The monoisotopic (exact) mass is 968 g/mol. The number of hydrogen-bond acceptors (Lipinski definition) is 6. The molecule has 0 atom stereocenters. The van der Waals surface area contributed by atoms with Crippen molar-refractivity contribution in [2.45, 2.75) is 51.4 Å². The zero-order valence-electron chi connectivity index (χ0n) is 41.4. The molecule has 0 aliphatic carbocycles. The second-order valence-electron chi connectivity index (χ2n) is 19.1. The fraction of sp³-hybridized carbons (Fsp3) is 0.118. The van der Waals surface area contributed by atoms with Crippen molar-refractivity contribution < 1.29 is 20.4 Å². The molecule has 0 saturated heterocycles. The van der Waals surface area contributed by atoms with Crippen LogP contribution in [-0.2, 0) is 51.4 Å². The molecule has 0 fully saturated rings. The molecule has 6 nitrogen and oxygen atoms in total. The average molecular weight is 969 g/mol. The molecular weight excluding hydrogens is 909 g/mol. The van der Waals surface area contributed by atoms with E-state index in [9.17, 15) is 20.4 Å². The zero-order valence-corrected chi connectivity index (χ0v) is 41.4. The number of rotatable bonds is 19. The molecule has 0 unspecified atom stereocenters. The summed E-state index contributed by atoms with van der Waals surface area (Å²) in [7, 11) is 0. The Labute approximate surface area is 435 Å². The molecule has 74 heavy (non-hydrogen) atoms. The number of anilines is 6. The predicted molar refractivity (Wildman–Crippen MR) is 303 cm³/mol. The van der Waals surface area contributed by atoms with Gasteiger partial charge in [-0.2, -0.15) is 0 Å². The van der Waals surface area contributed by atoms with Gasteiger partial charge in [0.2, 0.25) is 0 Å². The van der Waals surface area contributed by atoms with Crippen LogP contribution in [0, 0.1) is 0 Å². The summed E-state index contributed by atoms with van der Waals surface area (Å²) in [6.45, 7) is 0. The summed E-state index contributed by atoms with van der Waals surface area (Å²) < 4.78 is 0. The minimum atomic E-state index is 0.285. The molecular formula is C68H60N2O4. The Balaban J connectivity index is 0.891. The number of aryl methyl sites for hydroxylation is 8. The third-order valence-electron chi connectivity index (χ3n) is 13.9. The molecule has 0 aliphatic heterocycles. The van der Waals surface area contributed by atoms with E-state index in [4.69, 9.17) is 0 Å². The van der Waals surface area contributed by atoms with Gasteiger partial charge in [0, 0.05) is 34.1 Å². The van der Waals surface area contributed by atoms with E-state index in [1.54, 1.807) is 48.5 Å². The van der Waals surface area contributed by atoms with E-state index in [1.165, 1.54) is 44.5 Å². The lowest BCUT2D eigenvalue weighted by Gasteiger charge is -2.27. The standard InChI is InChI=1S/C68H60N2O4/c71-65-41-17-53(18-42-65)5-1-49-9-29-59(30-10-49)69(60-31-11-50(12-32-60)2-6-54-19-43-66(72)44-20-54)63-37-25-57(26-38-63)58-27-39-64(40-28-58)70(61-33-13-51(14-34-61)3-7-55-21-45-67(73)46-22-55)62-35-15-52(16-36-62)4-8-56-23-47-68(74)48-24-56/h9-48,71-74H,1-8H2. The van der Waals surface area contributed by atoms with Gasteiger partial charge in [-0.1, -0.05) is 121 Å². The molecule has 10 aromatic rings. The van der Waals surface area contributed by atoms with Crippen LogP contribution in [0.25, 0.3) is 11.1 Å². The molecule has 10 rings (SSSR count). The lowest BCUT2D eigenvalue weighted by atomic mass is 10.0. The van der Waals surface area contributed by atoms with E-state index < -0.39 is 0 Å². The first-order chi connectivity index (χ1) is 36.2. The van der Waals surface area contributed by atoms with Crippen molar-refractivity contribution in [2.75, 3.05) is 9.80 Å². The third kappa shape index (κ3) is 12.5. The molecule has 0 saturated carbocycles. The van der Waals surface area contributed by atoms with Crippen molar-refractivity contribution in [3.8, 4) is 34.1 Å². The van der Waals surface area contributed by atoms with E-state index in [-0.39, 0.29) is 23.0 Å². The summed E-state index contributed by atoms with van der Waals surface area (Å²) in [5.41, 5.74) is 18.4. The Morgan fingerprint density at radius 1 is 0.176 bits per heavy atom. The Morgan fingerprint density at radius 3 is 0.473 bits per heavy atom. The van der Waals surface area contributed by atoms with Crippen LogP contribution in [-0.4, -0.2) is 20.4 Å². The van der Waals surface area contributed by atoms with Crippen LogP contribution in [0.3, 0.4) is 0 Å². The zero-order chi connectivity index (χ0) is 50.6. The Morgan fingerprint density at radius 2 is 0.311 bits per heavy atom. The summed E-state index contributed by atoms with van der Waals surface area (Å²) in [6.07, 6.45) is 7.17. The summed E-state index contributed by atoms with van der Waals surface area (Å²) in [6, 6.07) is 83.0. The summed E-state index contributed by atoms with van der Waals surface area (Å²) in [5.74, 6) is 1.14. The highest BCUT2D eigenvalue weighted by atomic mass is 16.3. The van der Waals surface area contributed by atoms with Crippen molar-refractivity contribution >= 4 is 34.1 Å². The highest BCUT2D eigenvalue weighted by molar-refractivity contribution is 5.81. The molecule has 0 amide bonds. The number of aromatic hydroxyl groups is 4. The highest BCUT2D eigenvalue weighted by Crippen LogP contribution is 2.39. The maximum Gasteiger partial charge on any atom is 0.115 e. The molecule has 0 aromatic heterocycles. The largest absolute Gasteiger partial charge is 0.508 e. The first kappa shape index (κ1) is 48.6. The maximum atomic E-state index is 9.75. The normalized spacial score (nSPS) is 11.1. The van der Waals surface area contributed by atoms with E-state index in [1.807, 2.05) is 48.5 Å². The van der Waals surface area contributed by atoms with Crippen LogP contribution in [0.5, 0.6) is 23.0 Å². The molecule has 6 heteroatoms. The van der Waals surface area contributed by atoms with Crippen molar-refractivity contribution in [1.29, 1.82) is 0 Å². The number of phenolic OH excluding ortho intramolecular Hbond substituents is 4. The number of phenols is 4. The van der Waals surface area contributed by atoms with Crippen molar-refractivity contribution in [2.24, 2.45) is 0 Å². The average Bonchev–Trinajstić information content (AvgIpc) is 3.44. The first-order valence-electron chi connectivity index (χ1n) is 25.5. The van der Waals surface area contributed by atoms with Gasteiger partial charge in [-0.05, 0) is 228 Å². The smallest absolute Gasteiger partial charge is 0.115 e. The number of nitrogens with zero attached hydrogens (tertiary/aromatic N) is 2. The van der Waals surface area contributed by atoms with Gasteiger partial charge in [-0.25, -0.2) is 0 Å². The van der Waals surface area contributed by atoms with E-state index in [2.05, 4.69) is 155 Å². The Bertz CT molecular complexity index is 2920. The van der Waals surface area contributed by atoms with Crippen LogP contribution in [0.1, 0.15) is 44.5 Å². The SMILES string of the molecule is Oc1ccc(CCc2ccc(N(c3ccc(CCc4ccc(O)cc4)cc3)c3ccc(-c4ccc(N(c5ccc(CCc6ccc(O)cc6)cc5)c5ccc(CCc6ccc(O)cc6)cc5)cc4)cc3)cc2)cc1. The molecule has 0 aliphatic rings. The van der Waals surface area contributed by atoms with Gasteiger partial charge < -0.3 is 30.2 Å². The lowest BCUT2D eigenvalue weighted by Crippen LogP contribution is -2.10. The predicted octanol–water partition coefficient (Wildman–Crippen LogP) is 16.3. The van der Waals surface area contributed by atoms with Crippen molar-refractivity contribution in [3.63, 3.8) is 0 Å². The maximum absolute atomic E-state index is 9.75. The van der Waals surface area contributed by atoms with Crippen LogP contribution in [0.2, 0.25) is 0 Å². The minimum absolute atomic E-state index is 0.285. The Hall–Kier alpha value is -9.00. The lowest BCUT2D eigenvalue weighted by molar-refractivity contribution is 0.474. The van der Waals surface area contributed by atoms with Gasteiger partial charge in [0.15, 0.2) is 0 Å². The molecule has 4 N–H and O–H groups in total. The van der Waals surface area contributed by atoms with E-state index in [0.717, 1.165) is 96.6 Å². The van der Waals surface area contributed by atoms with Crippen LogP contribution >= 0.6 is 0 Å². The second kappa shape index (κ2) is 23.0. The van der Waals surface area contributed by atoms with E-state index >= 15 is 0 Å². The number of benzene rings is 10. The summed E-state index contributed by atoms with van der Waals surface area (Å²) in [5, 5.41) is 39.0. The summed E-state index contributed by atoms with van der Waals surface area (Å²) in [4.78, 5) is 4.63. The first-order valence-corrected chi connectivity index (χ1v) is 25.5. The van der Waals surface area contributed by atoms with Crippen LogP contribution < -0.4 is 9.80 Å². The highest BCUT2D eigenvalue weighted by Gasteiger charge is 2.16. The van der Waals surface area contributed by atoms with Gasteiger partial charge in [0.05, 0.1) is 0 Å². The Kier molecular flexibility index (Phi) is 15.1. The fourth-order valence-electron chi connectivity index (χ4n) is 9.55. The van der Waals surface area contributed by atoms with Crippen molar-refractivity contribution in [1.82, 2.24) is 0 Å². The molecule has 366 valence electrons. The minimum Gasteiger partial charge on any atom is -0.508 e. The molecule has 0 spiro atoms. The van der Waals surface area contributed by atoms with E-state index in [0.29, 0.717) is 0 Å². The van der Waals surface area contributed by atoms with Gasteiger partial charge in [0.25, 0.3) is 0 Å². The molecule has 0 radical (unpaired) electrons. The summed E-state index contributed by atoms with van der Waals surface area (Å²) >= 11 is 0. The van der Waals surface area contributed by atoms with Gasteiger partial charge >= 0.3 is 0 Å². The molecule has 0 bridgehead atoms. The van der Waals surface area contributed by atoms with Crippen LogP contribution in [0.4, 0.5) is 34.1 Å². The quantitative estimate of drug-likeness (QED) is 0.0646. The molecule has 10 aromatic carbocycles. The van der Waals surface area contributed by atoms with Gasteiger partial charge in [-0.15, -0.1) is 0 Å². The fourth-order valence-corrected chi connectivity index (χ4v) is 9.55. The molecule has 0 heterocycles. The van der Waals surface area contributed by atoms with Gasteiger partial charge in [0.1, 0.15) is 23.0 Å².